The Balaban J connectivity index is 2.60. The Hall–Kier alpha value is -1.60. The summed E-state index contributed by atoms with van der Waals surface area (Å²) in [6.07, 6.45) is 53.9. The number of ether oxygens (including phenoxy) is 3. The monoisotopic (exact) mass is 1110 g/mol. The molecule has 0 radical (unpaired) electrons. The van der Waals surface area contributed by atoms with E-state index >= 15 is 0 Å². The fourth-order valence-corrected chi connectivity index (χ4v) is 11.1. The lowest BCUT2D eigenvalue weighted by Gasteiger charge is -2.41. The molecule has 1 fully saturated rings. The first-order valence-corrected chi connectivity index (χ1v) is 34.0. The van der Waals surface area contributed by atoms with Crippen molar-refractivity contribution in [3.63, 3.8) is 0 Å². The van der Waals surface area contributed by atoms with E-state index in [1.807, 2.05) is 6.08 Å². The molecular weight excluding hydrogens is 979 g/mol. The van der Waals surface area contributed by atoms with Gasteiger partial charge in [-0.05, 0) is 25.7 Å². The van der Waals surface area contributed by atoms with Gasteiger partial charge in [-0.2, -0.15) is 0 Å². The molecule has 78 heavy (non-hydrogen) atoms. The van der Waals surface area contributed by atoms with Gasteiger partial charge in [0.2, 0.25) is 5.91 Å². The molecule has 0 bridgehead atoms. The van der Waals surface area contributed by atoms with Crippen molar-refractivity contribution in [3.8, 4) is 0 Å². The van der Waals surface area contributed by atoms with Crippen LogP contribution in [0.5, 0.6) is 0 Å². The first-order valence-electron chi connectivity index (χ1n) is 34.0. The zero-order valence-electron chi connectivity index (χ0n) is 51.3. The summed E-state index contributed by atoms with van der Waals surface area (Å²) in [5.41, 5.74) is 0. The van der Waals surface area contributed by atoms with Crippen LogP contribution < -0.4 is 5.32 Å². The minimum Gasteiger partial charge on any atom is -0.454 e. The Morgan fingerprint density at radius 2 is 0.833 bits per heavy atom. The smallest absolute Gasteiger partial charge is 0.306 e. The molecule has 1 rings (SSSR count). The number of esters is 1. The molecule has 0 aromatic heterocycles. The summed E-state index contributed by atoms with van der Waals surface area (Å²) in [5.74, 6) is -1.17. The normalized spacial score (nSPS) is 18.9. The first-order chi connectivity index (χ1) is 38.2. The third-order valence-corrected chi connectivity index (χ3v) is 16.4. The van der Waals surface area contributed by atoms with E-state index in [1.165, 1.54) is 238 Å². The van der Waals surface area contributed by atoms with Crippen LogP contribution in [-0.4, -0.2) is 99.6 Å². The van der Waals surface area contributed by atoms with Crippen molar-refractivity contribution in [1.82, 2.24) is 5.32 Å². The summed E-state index contributed by atoms with van der Waals surface area (Å²) in [6.45, 7) is 5.85. The number of aliphatic hydroxyl groups excluding tert-OH is 5. The Morgan fingerprint density at radius 1 is 0.487 bits per heavy atom. The van der Waals surface area contributed by atoms with E-state index in [4.69, 9.17) is 14.2 Å². The van der Waals surface area contributed by atoms with Crippen LogP contribution in [0.15, 0.2) is 12.2 Å². The highest BCUT2D eigenvalue weighted by atomic mass is 16.7. The molecular formula is C67H129NO10. The number of unbranched alkanes of at least 4 members (excludes halogenated alkanes) is 45. The minimum atomic E-state index is -1.61. The predicted octanol–water partition coefficient (Wildman–Crippen LogP) is 16.7. The zero-order valence-corrected chi connectivity index (χ0v) is 51.3. The van der Waals surface area contributed by atoms with E-state index in [1.54, 1.807) is 6.08 Å². The van der Waals surface area contributed by atoms with Crippen LogP contribution >= 0.6 is 0 Å². The van der Waals surface area contributed by atoms with Crippen molar-refractivity contribution >= 4 is 11.9 Å². The van der Waals surface area contributed by atoms with Gasteiger partial charge in [-0.25, -0.2) is 0 Å². The van der Waals surface area contributed by atoms with Crippen molar-refractivity contribution in [3.05, 3.63) is 12.2 Å². The number of carbonyl (C=O) groups is 2. The number of nitrogens with one attached hydrogen (secondary N) is 1. The van der Waals surface area contributed by atoms with E-state index in [-0.39, 0.29) is 13.0 Å². The highest BCUT2D eigenvalue weighted by molar-refractivity contribution is 5.80. The van der Waals surface area contributed by atoms with E-state index in [9.17, 15) is 35.1 Å². The van der Waals surface area contributed by atoms with Crippen LogP contribution in [0.3, 0.4) is 0 Å². The quantitative estimate of drug-likeness (QED) is 0.0195. The number of amides is 1. The summed E-state index contributed by atoms with van der Waals surface area (Å²) in [7, 11) is 0. The topological polar surface area (TPSA) is 175 Å². The van der Waals surface area contributed by atoms with Gasteiger partial charge in [0.1, 0.15) is 24.4 Å². The van der Waals surface area contributed by atoms with E-state index in [0.29, 0.717) is 19.3 Å². The molecule has 8 unspecified atom stereocenters. The van der Waals surface area contributed by atoms with Crippen LogP contribution in [0.4, 0.5) is 0 Å². The molecule has 11 heteroatoms. The van der Waals surface area contributed by atoms with Crippen molar-refractivity contribution < 1.29 is 49.3 Å². The van der Waals surface area contributed by atoms with Gasteiger partial charge in [-0.15, -0.1) is 0 Å². The fraction of sp³-hybridized carbons (Fsp3) is 0.940. The third kappa shape index (κ3) is 43.1. The van der Waals surface area contributed by atoms with Gasteiger partial charge in [0.15, 0.2) is 12.4 Å². The summed E-state index contributed by atoms with van der Waals surface area (Å²) >= 11 is 0. The Bertz CT molecular complexity index is 1320. The minimum absolute atomic E-state index is 0.132. The number of hydrogen-bond acceptors (Lipinski definition) is 10. The van der Waals surface area contributed by atoms with Crippen molar-refractivity contribution in [2.75, 3.05) is 13.2 Å². The third-order valence-electron chi connectivity index (χ3n) is 16.4. The highest BCUT2D eigenvalue weighted by Crippen LogP contribution is 2.26. The summed E-state index contributed by atoms with van der Waals surface area (Å²) in [5, 5.41) is 57.1. The van der Waals surface area contributed by atoms with Crippen LogP contribution in [0.25, 0.3) is 0 Å². The van der Waals surface area contributed by atoms with Crippen LogP contribution in [0.1, 0.15) is 342 Å². The molecule has 1 amide bonds. The van der Waals surface area contributed by atoms with Gasteiger partial charge in [-0.1, -0.05) is 322 Å². The van der Waals surface area contributed by atoms with Gasteiger partial charge in [-0.3, -0.25) is 9.59 Å². The second kappa shape index (κ2) is 55.9. The van der Waals surface area contributed by atoms with Crippen LogP contribution in [-0.2, 0) is 23.8 Å². The standard InChI is InChI=1S/C67H129NO10/c1-4-7-10-13-16-19-22-25-27-29-30-31-33-34-36-39-42-45-48-51-54-60(71)66(75)68-58(59(70)53-50-47-44-41-38-24-21-18-15-12-9-6-3)57-76-67-65(64(74)63(73)61(56-69)77-67)78-62(72)55-52-49-46-43-40-37-35-32-28-26-23-20-17-14-11-8-5-2/h50,53,58-61,63-65,67,69-71,73-74H,4-49,51-52,54-57H2,1-3H3,(H,68,75)/b53-50+. The van der Waals surface area contributed by atoms with E-state index < -0.39 is 67.4 Å². The van der Waals surface area contributed by atoms with Crippen LogP contribution in [0.2, 0.25) is 0 Å². The molecule has 462 valence electrons. The molecule has 0 aromatic rings. The molecule has 0 aliphatic carbocycles. The maximum absolute atomic E-state index is 13.5. The largest absolute Gasteiger partial charge is 0.454 e. The number of rotatable bonds is 59. The predicted molar refractivity (Wildman–Crippen MR) is 325 cm³/mol. The Labute approximate surface area is 480 Å². The number of hydrogen-bond donors (Lipinski definition) is 6. The van der Waals surface area contributed by atoms with Crippen molar-refractivity contribution in [2.45, 2.75) is 391 Å². The van der Waals surface area contributed by atoms with Gasteiger partial charge in [0, 0.05) is 6.42 Å². The fourth-order valence-electron chi connectivity index (χ4n) is 11.1. The SMILES string of the molecule is CCCCCCCCCCCC/C=C/C(O)C(COC1OC(CO)C(O)C(O)C1OC(=O)CCCCCCCCCCCCCCCCCCC)NC(=O)C(O)CCCCCCCCCCCCCCCCCCCCCC. The van der Waals surface area contributed by atoms with Gasteiger partial charge < -0.3 is 45.1 Å². The number of carbonyl (C=O) groups excluding carboxylic acids is 2. The molecule has 0 spiro atoms. The average Bonchev–Trinajstić information content (AvgIpc) is 3.44. The van der Waals surface area contributed by atoms with Gasteiger partial charge in [0.05, 0.1) is 25.4 Å². The number of aliphatic hydroxyl groups is 5. The molecule has 1 heterocycles. The maximum Gasteiger partial charge on any atom is 0.306 e. The maximum atomic E-state index is 13.5. The van der Waals surface area contributed by atoms with Crippen LogP contribution in [0, 0.1) is 0 Å². The summed E-state index contributed by atoms with van der Waals surface area (Å²) in [6, 6.07) is -1.02. The van der Waals surface area contributed by atoms with E-state index in [2.05, 4.69) is 26.1 Å². The molecule has 0 saturated carbocycles. The van der Waals surface area contributed by atoms with E-state index in [0.717, 1.165) is 57.8 Å². The lowest BCUT2D eigenvalue weighted by molar-refractivity contribution is -0.305. The second-order valence-electron chi connectivity index (χ2n) is 23.9. The van der Waals surface area contributed by atoms with Crippen molar-refractivity contribution in [1.29, 1.82) is 0 Å². The lowest BCUT2D eigenvalue weighted by Crippen LogP contribution is -2.61. The zero-order chi connectivity index (χ0) is 56.8. The second-order valence-corrected chi connectivity index (χ2v) is 23.9. The Morgan fingerprint density at radius 3 is 1.21 bits per heavy atom. The molecule has 1 saturated heterocycles. The molecule has 1 aliphatic heterocycles. The van der Waals surface area contributed by atoms with Crippen molar-refractivity contribution in [2.24, 2.45) is 0 Å². The summed E-state index contributed by atoms with van der Waals surface area (Å²) < 4.78 is 17.7. The molecule has 6 N–H and O–H groups in total. The summed E-state index contributed by atoms with van der Waals surface area (Å²) in [4.78, 5) is 26.6. The molecule has 1 aliphatic rings. The highest BCUT2D eigenvalue weighted by Gasteiger charge is 2.47. The van der Waals surface area contributed by atoms with Gasteiger partial charge >= 0.3 is 5.97 Å². The Kier molecular flexibility index (Phi) is 53.3. The number of allylic oxidation sites excluding steroid dienone is 1. The first kappa shape index (κ1) is 74.4. The molecule has 8 atom stereocenters. The average molecular weight is 1110 g/mol. The lowest BCUT2D eigenvalue weighted by atomic mass is 9.99. The molecule has 0 aromatic carbocycles. The molecule has 11 nitrogen and oxygen atoms in total. The van der Waals surface area contributed by atoms with Gasteiger partial charge in [0.25, 0.3) is 0 Å².